The van der Waals surface area contributed by atoms with E-state index < -0.39 is 22.0 Å². The lowest BCUT2D eigenvalue weighted by atomic mass is 9.94. The molecule has 1 aliphatic carbocycles. The molecule has 37 heavy (non-hydrogen) atoms. The van der Waals surface area contributed by atoms with Crippen molar-refractivity contribution >= 4 is 45.6 Å². The lowest BCUT2D eigenvalue weighted by molar-refractivity contribution is -0.115. The molecule has 1 unspecified atom stereocenters. The van der Waals surface area contributed by atoms with Crippen molar-refractivity contribution in [1.82, 2.24) is 10.1 Å². The first kappa shape index (κ1) is 25.6. The number of anilines is 1. The van der Waals surface area contributed by atoms with Gasteiger partial charge in [0.2, 0.25) is 5.91 Å². The Bertz CT molecular complexity index is 1480. The molecule has 10 heteroatoms. The van der Waals surface area contributed by atoms with Gasteiger partial charge in [-0.15, -0.1) is 0 Å². The predicted octanol–water partition coefficient (Wildman–Crippen LogP) is 6.57. The summed E-state index contributed by atoms with van der Waals surface area (Å²) in [6, 6.07) is 16.4. The molecule has 0 bridgehead atoms. The minimum atomic E-state index is -1.04. The van der Waals surface area contributed by atoms with E-state index in [0.29, 0.717) is 38.4 Å². The molecule has 0 aliphatic heterocycles. The Morgan fingerprint density at radius 1 is 1.11 bits per heavy atom. The SMILES string of the molecule is CCS(=O)c1ccc(CC(=O)Nc2cc(Cl)c(C3(c4noc(-c5cccc(F)c5)n4)CC3)c(Cl)c2)cc1. The van der Waals surface area contributed by atoms with Crippen molar-refractivity contribution in [3.8, 4) is 11.5 Å². The number of hydrogen-bond donors (Lipinski definition) is 1. The molecule has 190 valence electrons. The van der Waals surface area contributed by atoms with Crippen LogP contribution in [0, 0.1) is 5.82 Å². The van der Waals surface area contributed by atoms with Gasteiger partial charge in [0.05, 0.1) is 22.6 Å². The monoisotopic (exact) mass is 557 g/mol. The molecule has 1 atom stereocenters. The Morgan fingerprint density at radius 2 is 1.81 bits per heavy atom. The third kappa shape index (κ3) is 5.32. The Kier molecular flexibility index (Phi) is 7.16. The number of amides is 1. The van der Waals surface area contributed by atoms with E-state index in [1.807, 2.05) is 6.92 Å². The van der Waals surface area contributed by atoms with Gasteiger partial charge in [0.15, 0.2) is 5.82 Å². The van der Waals surface area contributed by atoms with Crippen LogP contribution in [0.3, 0.4) is 0 Å². The van der Waals surface area contributed by atoms with E-state index in [0.717, 1.165) is 23.3 Å². The van der Waals surface area contributed by atoms with Gasteiger partial charge in [-0.1, -0.05) is 53.5 Å². The fourth-order valence-electron chi connectivity index (χ4n) is 4.29. The Morgan fingerprint density at radius 3 is 2.43 bits per heavy atom. The van der Waals surface area contributed by atoms with E-state index in [1.165, 1.54) is 12.1 Å². The van der Waals surface area contributed by atoms with Gasteiger partial charge in [-0.05, 0) is 60.9 Å². The molecule has 1 heterocycles. The molecule has 1 saturated carbocycles. The largest absolute Gasteiger partial charge is 0.334 e. The molecule has 1 amide bonds. The van der Waals surface area contributed by atoms with Gasteiger partial charge < -0.3 is 9.84 Å². The fourth-order valence-corrected chi connectivity index (χ4v) is 5.91. The van der Waals surface area contributed by atoms with Gasteiger partial charge in [0, 0.05) is 37.5 Å². The van der Waals surface area contributed by atoms with Crippen molar-refractivity contribution < 1.29 is 17.9 Å². The summed E-state index contributed by atoms with van der Waals surface area (Å²) in [4.78, 5) is 17.9. The molecule has 1 aliphatic rings. The number of hydrogen-bond acceptors (Lipinski definition) is 5. The first-order valence-electron chi connectivity index (χ1n) is 11.7. The second-order valence-corrected chi connectivity index (χ2v) is 11.4. The molecule has 4 aromatic rings. The second kappa shape index (κ2) is 10.4. The smallest absolute Gasteiger partial charge is 0.258 e. The van der Waals surface area contributed by atoms with E-state index in [2.05, 4.69) is 15.5 Å². The minimum Gasteiger partial charge on any atom is -0.334 e. The van der Waals surface area contributed by atoms with Gasteiger partial charge in [0.1, 0.15) is 5.82 Å². The zero-order valence-electron chi connectivity index (χ0n) is 19.8. The number of carbonyl (C=O) groups excluding carboxylic acids is 1. The first-order valence-corrected chi connectivity index (χ1v) is 13.7. The van der Waals surface area contributed by atoms with Crippen LogP contribution in [0.15, 0.2) is 70.1 Å². The van der Waals surface area contributed by atoms with Gasteiger partial charge in [-0.25, -0.2) is 4.39 Å². The maximum Gasteiger partial charge on any atom is 0.258 e. The number of carbonyl (C=O) groups is 1. The van der Waals surface area contributed by atoms with Crippen molar-refractivity contribution in [2.24, 2.45) is 0 Å². The molecular weight excluding hydrogens is 536 g/mol. The number of nitrogens with one attached hydrogen (secondary N) is 1. The highest BCUT2D eigenvalue weighted by Gasteiger charge is 2.52. The van der Waals surface area contributed by atoms with Crippen LogP contribution in [0.5, 0.6) is 0 Å². The highest BCUT2D eigenvalue weighted by Crippen LogP contribution is 2.57. The van der Waals surface area contributed by atoms with Crippen LogP contribution >= 0.6 is 23.2 Å². The van der Waals surface area contributed by atoms with Crippen molar-refractivity contribution in [2.45, 2.75) is 36.5 Å². The maximum absolute atomic E-state index is 13.6. The lowest BCUT2D eigenvalue weighted by Crippen LogP contribution is -2.16. The van der Waals surface area contributed by atoms with E-state index in [9.17, 15) is 13.4 Å². The predicted molar refractivity (Wildman–Crippen MR) is 142 cm³/mol. The molecule has 1 N–H and O–H groups in total. The van der Waals surface area contributed by atoms with Crippen LogP contribution in [0.2, 0.25) is 10.0 Å². The summed E-state index contributed by atoms with van der Waals surface area (Å²) in [6.07, 6.45) is 1.59. The summed E-state index contributed by atoms with van der Waals surface area (Å²) in [5, 5.41) is 7.73. The standard InChI is InChI=1S/C27H22Cl2FN3O3S/c1-2-37(35)20-8-6-16(7-9-20)12-23(34)31-19-14-21(28)24(22(29)15-19)27(10-11-27)26-32-25(36-33-26)17-4-3-5-18(30)13-17/h3-9,13-15H,2,10-12H2,1H3,(H,31,34). The third-order valence-electron chi connectivity index (χ3n) is 6.29. The average molecular weight is 558 g/mol. The molecule has 0 radical (unpaired) electrons. The number of aromatic nitrogens is 2. The molecule has 6 nitrogen and oxygen atoms in total. The highest BCUT2D eigenvalue weighted by molar-refractivity contribution is 7.85. The summed E-state index contributed by atoms with van der Waals surface area (Å²) >= 11 is 13.3. The second-order valence-electron chi connectivity index (χ2n) is 8.83. The summed E-state index contributed by atoms with van der Waals surface area (Å²) < 4.78 is 30.9. The van der Waals surface area contributed by atoms with Crippen LogP contribution in [-0.4, -0.2) is 26.0 Å². The maximum atomic E-state index is 13.6. The minimum absolute atomic E-state index is 0.145. The zero-order chi connectivity index (χ0) is 26.2. The van der Waals surface area contributed by atoms with Crippen LogP contribution in [0.1, 0.15) is 36.7 Å². The summed E-state index contributed by atoms with van der Waals surface area (Å²) in [5.74, 6) is 0.556. The number of benzene rings is 3. The topological polar surface area (TPSA) is 85.1 Å². The Hall–Kier alpha value is -3.07. The molecule has 3 aromatic carbocycles. The van der Waals surface area contributed by atoms with Crippen LogP contribution in [0.25, 0.3) is 11.5 Å². The van der Waals surface area contributed by atoms with E-state index >= 15 is 0 Å². The lowest BCUT2D eigenvalue weighted by Gasteiger charge is -2.17. The van der Waals surface area contributed by atoms with Gasteiger partial charge in [0.25, 0.3) is 5.89 Å². The van der Waals surface area contributed by atoms with E-state index in [4.69, 9.17) is 27.7 Å². The molecule has 1 aromatic heterocycles. The van der Waals surface area contributed by atoms with Crippen LogP contribution in [0.4, 0.5) is 10.1 Å². The Balaban J connectivity index is 1.32. The van der Waals surface area contributed by atoms with Crippen molar-refractivity contribution in [2.75, 3.05) is 11.1 Å². The summed E-state index contributed by atoms with van der Waals surface area (Å²) in [5.41, 5.74) is 1.81. The van der Waals surface area contributed by atoms with Crippen molar-refractivity contribution in [1.29, 1.82) is 0 Å². The Labute approximate surface area is 225 Å². The molecular formula is C27H22Cl2FN3O3S. The number of nitrogens with zero attached hydrogens (tertiary/aromatic N) is 2. The first-order chi connectivity index (χ1) is 17.8. The van der Waals surface area contributed by atoms with E-state index in [-0.39, 0.29) is 18.2 Å². The third-order valence-corrected chi connectivity index (χ3v) is 8.21. The van der Waals surface area contributed by atoms with Crippen molar-refractivity contribution in [3.63, 3.8) is 0 Å². The average Bonchev–Trinajstić information content (AvgIpc) is 3.49. The van der Waals surface area contributed by atoms with Gasteiger partial charge >= 0.3 is 0 Å². The summed E-state index contributed by atoms with van der Waals surface area (Å²) in [6.45, 7) is 1.86. The molecule has 1 fully saturated rings. The molecule has 0 saturated heterocycles. The van der Waals surface area contributed by atoms with E-state index in [1.54, 1.807) is 48.5 Å². The molecule has 5 rings (SSSR count). The molecule has 0 spiro atoms. The van der Waals surface area contributed by atoms with Crippen LogP contribution < -0.4 is 5.32 Å². The van der Waals surface area contributed by atoms with Gasteiger partial charge in [-0.3, -0.25) is 9.00 Å². The number of halogens is 3. The normalized spacial score (nSPS) is 14.8. The van der Waals surface area contributed by atoms with Crippen molar-refractivity contribution in [3.05, 3.63) is 93.5 Å². The van der Waals surface area contributed by atoms with Gasteiger partial charge in [-0.2, -0.15) is 4.98 Å². The fraction of sp³-hybridized carbons (Fsp3) is 0.222. The zero-order valence-corrected chi connectivity index (χ0v) is 22.1. The number of rotatable bonds is 8. The quantitative estimate of drug-likeness (QED) is 0.264. The summed E-state index contributed by atoms with van der Waals surface area (Å²) in [7, 11) is -1.04. The highest BCUT2D eigenvalue weighted by atomic mass is 35.5. The van der Waals surface area contributed by atoms with Crippen LogP contribution in [-0.2, 0) is 27.4 Å².